The number of anilines is 1. The maximum Gasteiger partial charge on any atom is 0.264 e. The highest BCUT2D eigenvalue weighted by molar-refractivity contribution is 5.99. The summed E-state index contributed by atoms with van der Waals surface area (Å²) < 4.78 is 23.1. The van der Waals surface area contributed by atoms with Crippen LogP contribution in [0.4, 0.5) is 10.2 Å². The van der Waals surface area contributed by atoms with E-state index in [1.165, 1.54) is 12.4 Å². The van der Waals surface area contributed by atoms with Gasteiger partial charge >= 0.3 is 0 Å². The highest BCUT2D eigenvalue weighted by atomic mass is 19.1. The average Bonchev–Trinajstić information content (AvgIpc) is 3.66. The number of ether oxygens (including phenoxy) is 1. The number of piperazine rings is 1. The molecule has 6 rings (SSSR count). The summed E-state index contributed by atoms with van der Waals surface area (Å²) in [7, 11) is 2.10. The number of nitrogen functional groups attached to an aromatic ring is 1. The maximum atomic E-state index is 15.6. The Balaban J connectivity index is 1.26. The number of halogens is 1. The highest BCUT2D eigenvalue weighted by Gasteiger charge is 2.35. The van der Waals surface area contributed by atoms with Crippen molar-refractivity contribution in [1.82, 2.24) is 34.4 Å². The summed E-state index contributed by atoms with van der Waals surface area (Å²) in [6, 6.07) is 15.7. The highest BCUT2D eigenvalue weighted by Crippen LogP contribution is 2.35. The predicted octanol–water partition coefficient (Wildman–Crippen LogP) is 4.47. The van der Waals surface area contributed by atoms with E-state index in [0.29, 0.717) is 41.3 Å². The Labute approximate surface area is 267 Å². The minimum Gasteiger partial charge on any atom is -0.457 e. The lowest BCUT2D eigenvalue weighted by Crippen LogP contribution is -2.53. The van der Waals surface area contributed by atoms with Gasteiger partial charge in [-0.3, -0.25) is 9.69 Å². The molecule has 0 saturated carbocycles. The minimum absolute atomic E-state index is 0.133. The molecule has 2 aromatic heterocycles. The van der Waals surface area contributed by atoms with Crippen LogP contribution in [-0.2, 0) is 11.3 Å². The molecule has 11 nitrogen and oxygen atoms in total. The second-order valence-corrected chi connectivity index (χ2v) is 12.5. The first-order chi connectivity index (χ1) is 22.1. The average molecular weight is 624 g/mol. The van der Waals surface area contributed by atoms with Gasteiger partial charge < -0.3 is 20.3 Å². The number of nitrogens with two attached hydrogens (primary N) is 1. The number of amides is 1. The van der Waals surface area contributed by atoms with Crippen LogP contribution in [0.3, 0.4) is 0 Å². The third kappa shape index (κ3) is 6.29. The normalized spacial score (nSPS) is 18.2. The number of nitriles is 1. The molecule has 2 aliphatic heterocycles. The number of rotatable bonds is 8. The molecule has 0 bridgehead atoms. The largest absolute Gasteiger partial charge is 0.457 e. The fraction of sp³-hybridized carbons (Fsp3) is 0.382. The summed E-state index contributed by atoms with van der Waals surface area (Å²) in [5, 5.41) is 15.3. The number of carbonyl (C=O) groups is 1. The molecule has 2 fully saturated rings. The first kappa shape index (κ1) is 31.1. The van der Waals surface area contributed by atoms with Crippen molar-refractivity contribution in [2.45, 2.75) is 44.8 Å². The number of likely N-dealkylation sites (N-methyl/N-ethyl adjacent to an activating group) is 1. The van der Waals surface area contributed by atoms with Crippen LogP contribution in [0.15, 0.2) is 66.5 Å². The third-order valence-corrected chi connectivity index (χ3v) is 8.92. The molecule has 0 spiro atoms. The van der Waals surface area contributed by atoms with Gasteiger partial charge in [-0.1, -0.05) is 18.2 Å². The minimum atomic E-state index is -0.535. The van der Waals surface area contributed by atoms with Crippen molar-refractivity contribution in [3.8, 4) is 28.8 Å². The Bertz CT molecular complexity index is 1810. The summed E-state index contributed by atoms with van der Waals surface area (Å²) in [5.41, 5.74) is 6.95. The predicted molar refractivity (Wildman–Crippen MR) is 173 cm³/mol. The van der Waals surface area contributed by atoms with Crippen LogP contribution in [-0.4, -0.2) is 91.7 Å². The molecule has 1 atom stereocenters. The summed E-state index contributed by atoms with van der Waals surface area (Å²) in [6.45, 7) is 8.52. The Hall–Kier alpha value is -4.86. The quantitative estimate of drug-likeness (QED) is 0.223. The number of nitrogens with zero attached hydrogens (tertiary/aromatic N) is 8. The SMILES string of the molecule is CN1CCN(C(C)(C)/C=C(/C#N)C(=O)N2CCC[C@H]2Cn2nc(-c3ccc(Oc4ccccc4)cc3F)c3c(N)ncnc32)CC1. The van der Waals surface area contributed by atoms with Crippen LogP contribution >= 0.6 is 0 Å². The number of benzene rings is 2. The fourth-order valence-corrected chi connectivity index (χ4v) is 6.34. The molecule has 2 aliphatic rings. The van der Waals surface area contributed by atoms with Gasteiger partial charge in [0.1, 0.15) is 46.8 Å². The van der Waals surface area contributed by atoms with Gasteiger partial charge in [0.2, 0.25) is 0 Å². The Morgan fingerprint density at radius 1 is 1.11 bits per heavy atom. The second-order valence-electron chi connectivity index (χ2n) is 12.5. The number of likely N-dealkylation sites (tertiary alicyclic amines) is 1. The van der Waals surface area contributed by atoms with Crippen molar-refractivity contribution < 1.29 is 13.9 Å². The van der Waals surface area contributed by atoms with E-state index in [-0.39, 0.29) is 28.9 Å². The van der Waals surface area contributed by atoms with Crippen LogP contribution in [0, 0.1) is 17.1 Å². The van der Waals surface area contributed by atoms with E-state index in [1.807, 2.05) is 32.0 Å². The van der Waals surface area contributed by atoms with Crippen molar-refractivity contribution >= 4 is 22.8 Å². The molecule has 46 heavy (non-hydrogen) atoms. The molecule has 1 amide bonds. The molecule has 12 heteroatoms. The molecular formula is C34H38FN9O2. The van der Waals surface area contributed by atoms with E-state index in [4.69, 9.17) is 15.6 Å². The number of carbonyl (C=O) groups excluding carboxylic acids is 1. The van der Waals surface area contributed by atoms with E-state index in [2.05, 4.69) is 32.9 Å². The number of fused-ring (bicyclic) bond motifs is 1. The Morgan fingerprint density at radius 3 is 2.59 bits per heavy atom. The fourth-order valence-electron chi connectivity index (χ4n) is 6.34. The molecule has 0 radical (unpaired) electrons. The van der Waals surface area contributed by atoms with Crippen LogP contribution < -0.4 is 10.5 Å². The van der Waals surface area contributed by atoms with E-state index in [9.17, 15) is 10.1 Å². The zero-order chi connectivity index (χ0) is 32.4. The number of para-hydroxylation sites is 1. The maximum absolute atomic E-state index is 15.6. The van der Waals surface area contributed by atoms with Gasteiger partial charge in [0.15, 0.2) is 5.65 Å². The lowest BCUT2D eigenvalue weighted by Gasteiger charge is -2.42. The first-order valence-corrected chi connectivity index (χ1v) is 15.5. The molecule has 0 unspecified atom stereocenters. The lowest BCUT2D eigenvalue weighted by atomic mass is 9.97. The number of hydrogen-bond donors (Lipinski definition) is 1. The van der Waals surface area contributed by atoms with Gasteiger partial charge in [0.05, 0.1) is 18.0 Å². The number of hydrogen-bond acceptors (Lipinski definition) is 9. The van der Waals surface area contributed by atoms with Gasteiger partial charge in [-0.2, -0.15) is 10.4 Å². The molecule has 2 N–H and O–H groups in total. The second kappa shape index (κ2) is 12.9. The van der Waals surface area contributed by atoms with E-state index in [0.717, 1.165) is 39.0 Å². The van der Waals surface area contributed by atoms with Gasteiger partial charge in [-0.05, 0) is 64.1 Å². The first-order valence-electron chi connectivity index (χ1n) is 15.5. The van der Waals surface area contributed by atoms with Crippen LogP contribution in [0.5, 0.6) is 11.5 Å². The summed E-state index contributed by atoms with van der Waals surface area (Å²) >= 11 is 0. The molecule has 238 valence electrons. The van der Waals surface area contributed by atoms with Crippen LogP contribution in [0.25, 0.3) is 22.3 Å². The van der Waals surface area contributed by atoms with Gasteiger partial charge in [0, 0.05) is 49.9 Å². The topological polar surface area (TPSA) is 129 Å². The molecule has 0 aliphatic carbocycles. The van der Waals surface area contributed by atoms with Crippen molar-refractivity contribution in [1.29, 1.82) is 5.26 Å². The summed E-state index contributed by atoms with van der Waals surface area (Å²) in [4.78, 5) is 28.7. The van der Waals surface area contributed by atoms with Gasteiger partial charge in [-0.25, -0.2) is 19.0 Å². The Morgan fingerprint density at radius 2 is 1.87 bits per heavy atom. The monoisotopic (exact) mass is 623 g/mol. The zero-order valence-corrected chi connectivity index (χ0v) is 26.4. The van der Waals surface area contributed by atoms with Crippen molar-refractivity contribution in [3.63, 3.8) is 0 Å². The van der Waals surface area contributed by atoms with E-state index < -0.39 is 11.4 Å². The van der Waals surface area contributed by atoms with Crippen LogP contribution in [0.1, 0.15) is 26.7 Å². The third-order valence-electron chi connectivity index (χ3n) is 8.92. The molecule has 4 heterocycles. The molecule has 2 saturated heterocycles. The van der Waals surface area contributed by atoms with Crippen molar-refractivity contribution in [3.05, 3.63) is 72.3 Å². The van der Waals surface area contributed by atoms with Crippen molar-refractivity contribution in [2.75, 3.05) is 45.5 Å². The van der Waals surface area contributed by atoms with Gasteiger partial charge in [0.25, 0.3) is 5.91 Å². The molecule has 4 aromatic rings. The smallest absolute Gasteiger partial charge is 0.264 e. The summed E-state index contributed by atoms with van der Waals surface area (Å²) in [5.74, 6) is 0.286. The lowest BCUT2D eigenvalue weighted by molar-refractivity contribution is -0.127. The van der Waals surface area contributed by atoms with Crippen LogP contribution in [0.2, 0.25) is 0 Å². The summed E-state index contributed by atoms with van der Waals surface area (Å²) in [6.07, 6.45) is 4.67. The number of aromatic nitrogens is 4. The van der Waals surface area contributed by atoms with E-state index in [1.54, 1.807) is 39.9 Å². The van der Waals surface area contributed by atoms with Crippen molar-refractivity contribution in [2.24, 2.45) is 0 Å². The van der Waals surface area contributed by atoms with Gasteiger partial charge in [-0.15, -0.1) is 0 Å². The zero-order valence-electron chi connectivity index (χ0n) is 26.4. The van der Waals surface area contributed by atoms with E-state index >= 15 is 4.39 Å². The standard InChI is InChI=1S/C34H38FN9O2/c1-34(2,42-16-14-41(3)15-17-42)19-23(20-36)33(45)43-13-7-8-24(43)21-44-32-29(31(37)38-22-39-32)30(40-44)27-12-11-26(18-28(27)35)46-25-9-5-4-6-10-25/h4-6,9-12,18-19,22,24H,7-8,13-17,21H2,1-3H3,(H2,37,38,39)/b23-19-/t24-/m0/s1. The Kier molecular flexibility index (Phi) is 8.71. The molecule has 2 aromatic carbocycles. The molecular weight excluding hydrogens is 585 g/mol.